The van der Waals surface area contributed by atoms with Gasteiger partial charge in [0.25, 0.3) is 0 Å². The molecule has 1 rings (SSSR count). The molecular weight excluding hydrogens is 337 g/mol. The molecule has 0 radical (unpaired) electrons. The van der Waals surface area contributed by atoms with Crippen molar-refractivity contribution in [3.8, 4) is 0 Å². The van der Waals surface area contributed by atoms with E-state index in [1.807, 2.05) is 19.9 Å². The van der Waals surface area contributed by atoms with Gasteiger partial charge in [0, 0.05) is 6.54 Å². The third-order valence-electron chi connectivity index (χ3n) is 1.99. The summed E-state index contributed by atoms with van der Waals surface area (Å²) >= 11 is 2.14. The van der Waals surface area contributed by atoms with E-state index in [0.29, 0.717) is 11.4 Å². The van der Waals surface area contributed by atoms with Crippen molar-refractivity contribution in [2.24, 2.45) is 0 Å². The normalized spacial score (nSPS) is 12.8. The summed E-state index contributed by atoms with van der Waals surface area (Å²) in [4.78, 5) is 0.303. The first-order chi connectivity index (χ1) is 7.42. The predicted octanol–water partition coefficient (Wildman–Crippen LogP) is 2.61. The van der Waals surface area contributed by atoms with E-state index in [9.17, 15) is 8.42 Å². The molecule has 0 fully saturated rings. The maximum Gasteiger partial charge on any atom is 0.240 e. The van der Waals surface area contributed by atoms with Crippen LogP contribution >= 0.6 is 22.6 Å². The van der Waals surface area contributed by atoms with Crippen molar-refractivity contribution in [1.29, 1.82) is 0 Å². The summed E-state index contributed by atoms with van der Waals surface area (Å²) < 4.78 is 27.1. The number of aryl methyl sites for hydroxylation is 1. The Kier molecular flexibility index (Phi) is 4.94. The molecule has 0 atom stereocenters. The number of nitrogens with one attached hydrogen (secondary N) is 1. The van der Waals surface area contributed by atoms with Crippen LogP contribution in [0, 0.1) is 6.92 Å². The van der Waals surface area contributed by atoms with Crippen LogP contribution in [-0.4, -0.2) is 15.0 Å². The molecule has 0 aliphatic rings. The first-order valence-electron chi connectivity index (χ1n) is 4.80. The molecule has 0 heterocycles. The Morgan fingerprint density at radius 1 is 1.38 bits per heavy atom. The van der Waals surface area contributed by atoms with E-state index in [1.54, 1.807) is 24.3 Å². The fraction of sp³-hybridized carbons (Fsp3) is 0.273. The fourth-order valence-corrected chi connectivity index (χ4v) is 2.28. The largest absolute Gasteiger partial charge is 0.240 e. The summed E-state index contributed by atoms with van der Waals surface area (Å²) in [5.74, 6) is 0. The van der Waals surface area contributed by atoms with Gasteiger partial charge < -0.3 is 0 Å². The third kappa shape index (κ3) is 4.23. The van der Waals surface area contributed by atoms with Crippen LogP contribution in [0.15, 0.2) is 38.8 Å². The van der Waals surface area contributed by atoms with E-state index in [2.05, 4.69) is 27.3 Å². The minimum atomic E-state index is -3.37. The topological polar surface area (TPSA) is 46.2 Å². The molecule has 0 spiro atoms. The van der Waals surface area contributed by atoms with Crippen LogP contribution < -0.4 is 4.72 Å². The van der Waals surface area contributed by atoms with Gasteiger partial charge in [-0.2, -0.15) is 0 Å². The standard InChI is InChI=1S/C11H14INO2S/c1-9-3-5-11(6-4-9)16(14,15)13-8-7-10(2)12/h3-7,13H,8H2,1-2H3/b10-7+. The van der Waals surface area contributed by atoms with E-state index >= 15 is 0 Å². The highest BCUT2D eigenvalue weighted by molar-refractivity contribution is 14.1. The molecule has 1 N–H and O–H groups in total. The molecule has 0 saturated heterocycles. The van der Waals surface area contributed by atoms with Crippen molar-refractivity contribution in [3.63, 3.8) is 0 Å². The number of allylic oxidation sites excluding steroid dienone is 1. The Hall–Kier alpha value is -0.400. The van der Waals surface area contributed by atoms with Gasteiger partial charge in [0.15, 0.2) is 0 Å². The van der Waals surface area contributed by atoms with Crippen molar-refractivity contribution in [2.75, 3.05) is 6.54 Å². The van der Waals surface area contributed by atoms with Gasteiger partial charge in [0.1, 0.15) is 0 Å². The zero-order chi connectivity index (χ0) is 12.2. The Labute approximate surface area is 110 Å². The molecule has 1 aromatic rings. The molecule has 0 bridgehead atoms. The lowest BCUT2D eigenvalue weighted by atomic mass is 10.2. The third-order valence-corrected chi connectivity index (χ3v) is 3.87. The van der Waals surface area contributed by atoms with Crippen LogP contribution in [0.4, 0.5) is 0 Å². The van der Waals surface area contributed by atoms with Crippen molar-refractivity contribution < 1.29 is 8.42 Å². The zero-order valence-electron chi connectivity index (χ0n) is 9.20. The second-order valence-electron chi connectivity index (χ2n) is 3.46. The summed E-state index contributed by atoms with van der Waals surface area (Å²) in [7, 11) is -3.37. The summed E-state index contributed by atoms with van der Waals surface area (Å²) in [5, 5.41) is 0. The number of hydrogen-bond donors (Lipinski definition) is 1. The number of sulfonamides is 1. The van der Waals surface area contributed by atoms with Crippen LogP contribution in [0.2, 0.25) is 0 Å². The Morgan fingerprint density at radius 2 is 1.94 bits per heavy atom. The first-order valence-corrected chi connectivity index (χ1v) is 7.36. The van der Waals surface area contributed by atoms with Crippen LogP contribution in [0.1, 0.15) is 12.5 Å². The lowest BCUT2D eigenvalue weighted by Crippen LogP contribution is -2.23. The van der Waals surface area contributed by atoms with Gasteiger partial charge in [0.05, 0.1) is 4.90 Å². The Bertz CT molecular complexity index is 473. The fourth-order valence-electron chi connectivity index (χ4n) is 1.09. The van der Waals surface area contributed by atoms with E-state index in [0.717, 1.165) is 9.14 Å². The SMILES string of the molecule is C/C(I)=C\CNS(=O)(=O)c1ccc(C)cc1. The number of hydrogen-bond acceptors (Lipinski definition) is 2. The molecule has 0 saturated carbocycles. The molecule has 88 valence electrons. The highest BCUT2D eigenvalue weighted by Gasteiger charge is 2.11. The highest BCUT2D eigenvalue weighted by atomic mass is 127. The maximum atomic E-state index is 11.8. The monoisotopic (exact) mass is 351 g/mol. The van der Waals surface area contributed by atoms with Gasteiger partial charge in [-0.3, -0.25) is 0 Å². The first kappa shape index (κ1) is 13.7. The zero-order valence-corrected chi connectivity index (χ0v) is 12.2. The molecule has 5 heteroatoms. The van der Waals surface area contributed by atoms with Gasteiger partial charge in [-0.15, -0.1) is 0 Å². The van der Waals surface area contributed by atoms with Crippen LogP contribution in [0.25, 0.3) is 0 Å². The summed E-state index contributed by atoms with van der Waals surface area (Å²) in [6.45, 7) is 4.16. The molecule has 3 nitrogen and oxygen atoms in total. The molecule has 0 unspecified atom stereocenters. The summed E-state index contributed by atoms with van der Waals surface area (Å²) in [6, 6.07) is 6.79. The van der Waals surface area contributed by atoms with E-state index in [-0.39, 0.29) is 0 Å². The van der Waals surface area contributed by atoms with E-state index in [4.69, 9.17) is 0 Å². The average Bonchev–Trinajstić information content (AvgIpc) is 2.17. The van der Waals surface area contributed by atoms with Crippen molar-refractivity contribution in [2.45, 2.75) is 18.7 Å². The van der Waals surface area contributed by atoms with Crippen molar-refractivity contribution in [1.82, 2.24) is 4.72 Å². The number of halogens is 1. The average molecular weight is 351 g/mol. The molecular formula is C11H14INO2S. The Balaban J connectivity index is 2.78. The smallest absolute Gasteiger partial charge is 0.207 e. The van der Waals surface area contributed by atoms with Crippen molar-refractivity contribution >= 4 is 32.6 Å². The number of benzene rings is 1. The quantitative estimate of drug-likeness (QED) is 0.848. The molecule has 0 amide bonds. The van der Waals surface area contributed by atoms with Crippen LogP contribution in [0.3, 0.4) is 0 Å². The minimum Gasteiger partial charge on any atom is -0.207 e. The molecule has 1 aromatic carbocycles. The van der Waals surface area contributed by atoms with Crippen molar-refractivity contribution in [3.05, 3.63) is 39.5 Å². The minimum absolute atomic E-state index is 0.303. The second-order valence-corrected chi connectivity index (χ2v) is 6.92. The summed E-state index contributed by atoms with van der Waals surface area (Å²) in [6.07, 6.45) is 1.83. The van der Waals surface area contributed by atoms with Gasteiger partial charge in [-0.05, 0) is 52.2 Å². The van der Waals surface area contributed by atoms with E-state index in [1.165, 1.54) is 0 Å². The van der Waals surface area contributed by atoms with Gasteiger partial charge in [-0.1, -0.05) is 23.8 Å². The van der Waals surface area contributed by atoms with Gasteiger partial charge >= 0.3 is 0 Å². The predicted molar refractivity (Wildman–Crippen MR) is 74.1 cm³/mol. The highest BCUT2D eigenvalue weighted by Crippen LogP contribution is 2.09. The van der Waals surface area contributed by atoms with Crippen LogP contribution in [0.5, 0.6) is 0 Å². The lowest BCUT2D eigenvalue weighted by molar-refractivity contribution is 0.585. The molecule has 16 heavy (non-hydrogen) atoms. The molecule has 0 aromatic heterocycles. The maximum absolute atomic E-state index is 11.8. The molecule has 0 aliphatic heterocycles. The second kappa shape index (κ2) is 5.79. The van der Waals surface area contributed by atoms with Gasteiger partial charge in [-0.25, -0.2) is 13.1 Å². The number of rotatable bonds is 4. The van der Waals surface area contributed by atoms with Gasteiger partial charge in [0.2, 0.25) is 10.0 Å². The summed E-state index contributed by atoms with van der Waals surface area (Å²) in [5.41, 5.74) is 1.04. The molecule has 0 aliphatic carbocycles. The van der Waals surface area contributed by atoms with E-state index < -0.39 is 10.0 Å². The van der Waals surface area contributed by atoms with Crippen LogP contribution in [-0.2, 0) is 10.0 Å². The Morgan fingerprint density at radius 3 is 2.44 bits per heavy atom. The lowest BCUT2D eigenvalue weighted by Gasteiger charge is -2.04.